The van der Waals surface area contributed by atoms with E-state index in [0.29, 0.717) is 5.02 Å². The molecule has 90 valence electrons. The summed E-state index contributed by atoms with van der Waals surface area (Å²) in [7, 11) is 0. The third kappa shape index (κ3) is 3.13. The molecule has 0 aromatic heterocycles. The van der Waals surface area contributed by atoms with Crippen LogP contribution in [0.2, 0.25) is 5.02 Å². The van der Waals surface area contributed by atoms with Gasteiger partial charge in [0.25, 0.3) is 0 Å². The SMILES string of the molecule is CCCN(CC)c1ccc([C@H](C)O)cc1Cl. The summed E-state index contributed by atoms with van der Waals surface area (Å²) in [5.41, 5.74) is 1.91. The predicted molar refractivity (Wildman–Crippen MR) is 70.3 cm³/mol. The zero-order valence-corrected chi connectivity index (χ0v) is 11.0. The molecular formula is C13H20ClNO. The number of benzene rings is 1. The molecule has 3 heteroatoms. The lowest BCUT2D eigenvalue weighted by Crippen LogP contribution is -2.23. The van der Waals surface area contributed by atoms with Crippen molar-refractivity contribution in [3.05, 3.63) is 28.8 Å². The van der Waals surface area contributed by atoms with Gasteiger partial charge in [-0.15, -0.1) is 0 Å². The maximum absolute atomic E-state index is 9.47. The normalized spacial score (nSPS) is 12.6. The minimum Gasteiger partial charge on any atom is -0.389 e. The highest BCUT2D eigenvalue weighted by Gasteiger charge is 2.10. The summed E-state index contributed by atoms with van der Waals surface area (Å²) < 4.78 is 0. The van der Waals surface area contributed by atoms with Gasteiger partial charge in [0.2, 0.25) is 0 Å². The largest absolute Gasteiger partial charge is 0.389 e. The van der Waals surface area contributed by atoms with Crippen molar-refractivity contribution in [2.45, 2.75) is 33.3 Å². The third-order valence-corrected chi connectivity index (χ3v) is 2.97. The van der Waals surface area contributed by atoms with Crippen LogP contribution in [0.15, 0.2) is 18.2 Å². The van der Waals surface area contributed by atoms with Gasteiger partial charge in [0, 0.05) is 13.1 Å². The Hall–Kier alpha value is -0.730. The number of anilines is 1. The molecule has 1 N–H and O–H groups in total. The van der Waals surface area contributed by atoms with E-state index in [1.54, 1.807) is 6.92 Å². The number of hydrogen-bond donors (Lipinski definition) is 1. The zero-order chi connectivity index (χ0) is 12.1. The van der Waals surface area contributed by atoms with Gasteiger partial charge >= 0.3 is 0 Å². The fourth-order valence-corrected chi connectivity index (χ4v) is 2.07. The van der Waals surface area contributed by atoms with Crippen LogP contribution in [0.3, 0.4) is 0 Å². The first-order valence-corrected chi connectivity index (χ1v) is 6.20. The first kappa shape index (κ1) is 13.3. The Kier molecular flexibility index (Phi) is 5.10. The number of aliphatic hydroxyl groups is 1. The van der Waals surface area contributed by atoms with Crippen LogP contribution in [0.1, 0.15) is 38.9 Å². The molecule has 1 aromatic rings. The van der Waals surface area contributed by atoms with Crippen molar-refractivity contribution in [1.82, 2.24) is 0 Å². The smallest absolute Gasteiger partial charge is 0.0762 e. The molecule has 0 saturated carbocycles. The Morgan fingerprint density at radius 3 is 2.50 bits per heavy atom. The lowest BCUT2D eigenvalue weighted by Gasteiger charge is -2.24. The van der Waals surface area contributed by atoms with Crippen LogP contribution in [0, 0.1) is 0 Å². The molecule has 1 atom stereocenters. The molecule has 0 spiro atoms. The Bertz CT molecular complexity index is 339. The second kappa shape index (κ2) is 6.12. The second-order valence-electron chi connectivity index (χ2n) is 3.97. The summed E-state index contributed by atoms with van der Waals surface area (Å²) in [5, 5.41) is 10.2. The van der Waals surface area contributed by atoms with Gasteiger partial charge in [-0.05, 0) is 38.0 Å². The minimum atomic E-state index is -0.465. The highest BCUT2D eigenvalue weighted by molar-refractivity contribution is 6.33. The van der Waals surface area contributed by atoms with Crippen LogP contribution in [0.5, 0.6) is 0 Å². The van der Waals surface area contributed by atoms with Crippen LogP contribution in [-0.2, 0) is 0 Å². The number of halogens is 1. The maximum Gasteiger partial charge on any atom is 0.0762 e. The summed E-state index contributed by atoms with van der Waals surface area (Å²) >= 11 is 6.23. The van der Waals surface area contributed by atoms with Gasteiger partial charge in [0.15, 0.2) is 0 Å². The summed E-state index contributed by atoms with van der Waals surface area (Å²) in [4.78, 5) is 2.24. The number of rotatable bonds is 5. The second-order valence-corrected chi connectivity index (χ2v) is 4.37. The van der Waals surface area contributed by atoms with E-state index >= 15 is 0 Å². The molecule has 2 nitrogen and oxygen atoms in total. The summed E-state index contributed by atoms with van der Waals surface area (Å²) in [6.45, 7) is 7.97. The Labute approximate surface area is 103 Å². The number of aliphatic hydroxyl groups excluding tert-OH is 1. The van der Waals surface area contributed by atoms with Crippen molar-refractivity contribution in [1.29, 1.82) is 0 Å². The van der Waals surface area contributed by atoms with Gasteiger partial charge in [-0.2, -0.15) is 0 Å². The monoisotopic (exact) mass is 241 g/mol. The lowest BCUT2D eigenvalue weighted by molar-refractivity contribution is 0.199. The lowest BCUT2D eigenvalue weighted by atomic mass is 10.1. The Balaban J connectivity index is 2.96. The first-order valence-electron chi connectivity index (χ1n) is 5.82. The van der Waals surface area contributed by atoms with Crippen molar-refractivity contribution in [2.24, 2.45) is 0 Å². The molecule has 0 heterocycles. The van der Waals surface area contributed by atoms with Crippen molar-refractivity contribution in [3.63, 3.8) is 0 Å². The topological polar surface area (TPSA) is 23.5 Å². The summed E-state index contributed by atoms with van der Waals surface area (Å²) in [5.74, 6) is 0. The van der Waals surface area contributed by atoms with Crippen LogP contribution in [0.25, 0.3) is 0 Å². The average molecular weight is 242 g/mol. The Morgan fingerprint density at radius 1 is 1.38 bits per heavy atom. The molecule has 0 bridgehead atoms. The highest BCUT2D eigenvalue weighted by Crippen LogP contribution is 2.29. The zero-order valence-electron chi connectivity index (χ0n) is 10.2. The Morgan fingerprint density at radius 2 is 2.06 bits per heavy atom. The summed E-state index contributed by atoms with van der Waals surface area (Å²) in [6.07, 6.45) is 0.635. The quantitative estimate of drug-likeness (QED) is 0.851. The van der Waals surface area contributed by atoms with E-state index in [1.165, 1.54) is 0 Å². The van der Waals surface area contributed by atoms with E-state index in [0.717, 1.165) is 30.8 Å². The van der Waals surface area contributed by atoms with Crippen molar-refractivity contribution >= 4 is 17.3 Å². The van der Waals surface area contributed by atoms with Gasteiger partial charge in [-0.25, -0.2) is 0 Å². The highest BCUT2D eigenvalue weighted by atomic mass is 35.5. The molecule has 0 fully saturated rings. The van der Waals surface area contributed by atoms with Gasteiger partial charge in [-0.3, -0.25) is 0 Å². The van der Waals surface area contributed by atoms with Gasteiger partial charge in [0.1, 0.15) is 0 Å². The van der Waals surface area contributed by atoms with Crippen molar-refractivity contribution < 1.29 is 5.11 Å². The van der Waals surface area contributed by atoms with Crippen LogP contribution in [-0.4, -0.2) is 18.2 Å². The first-order chi connectivity index (χ1) is 7.60. The molecule has 1 aromatic carbocycles. The van der Waals surface area contributed by atoms with E-state index in [1.807, 2.05) is 18.2 Å². The fraction of sp³-hybridized carbons (Fsp3) is 0.538. The molecule has 0 aliphatic rings. The average Bonchev–Trinajstić information content (AvgIpc) is 2.26. The minimum absolute atomic E-state index is 0.465. The van der Waals surface area contributed by atoms with Crippen LogP contribution >= 0.6 is 11.6 Å². The van der Waals surface area contributed by atoms with Gasteiger partial charge in [0.05, 0.1) is 16.8 Å². The van der Waals surface area contributed by atoms with E-state index in [9.17, 15) is 5.11 Å². The molecular weight excluding hydrogens is 222 g/mol. The number of hydrogen-bond acceptors (Lipinski definition) is 2. The van der Waals surface area contributed by atoms with E-state index in [-0.39, 0.29) is 0 Å². The predicted octanol–water partition coefficient (Wildman–Crippen LogP) is 3.63. The van der Waals surface area contributed by atoms with E-state index in [4.69, 9.17) is 11.6 Å². The molecule has 0 amide bonds. The third-order valence-electron chi connectivity index (χ3n) is 2.67. The molecule has 1 rings (SSSR count). The van der Waals surface area contributed by atoms with Gasteiger partial charge < -0.3 is 10.0 Å². The van der Waals surface area contributed by atoms with Crippen LogP contribution < -0.4 is 4.90 Å². The summed E-state index contributed by atoms with van der Waals surface area (Å²) in [6, 6.07) is 5.77. The van der Waals surface area contributed by atoms with Crippen molar-refractivity contribution in [2.75, 3.05) is 18.0 Å². The van der Waals surface area contributed by atoms with Crippen LogP contribution in [0.4, 0.5) is 5.69 Å². The molecule has 0 saturated heterocycles. The van der Waals surface area contributed by atoms with Gasteiger partial charge in [-0.1, -0.05) is 24.6 Å². The number of nitrogens with zero attached hydrogens (tertiary/aromatic N) is 1. The van der Waals surface area contributed by atoms with E-state index in [2.05, 4.69) is 18.7 Å². The molecule has 16 heavy (non-hydrogen) atoms. The maximum atomic E-state index is 9.47. The van der Waals surface area contributed by atoms with Crippen molar-refractivity contribution in [3.8, 4) is 0 Å². The molecule has 0 radical (unpaired) electrons. The molecule has 0 unspecified atom stereocenters. The fourth-order valence-electron chi connectivity index (χ4n) is 1.76. The standard InChI is InChI=1S/C13H20ClNO/c1-4-8-15(5-2)13-7-6-11(10(3)16)9-12(13)14/h6-7,9-10,16H,4-5,8H2,1-3H3/t10-/m0/s1. The molecule has 0 aliphatic carbocycles. The molecule has 0 aliphatic heterocycles. The van der Waals surface area contributed by atoms with E-state index < -0.39 is 6.10 Å².